The van der Waals surface area contributed by atoms with Gasteiger partial charge < -0.3 is 14.7 Å². The van der Waals surface area contributed by atoms with E-state index < -0.39 is 0 Å². The quantitative estimate of drug-likeness (QED) is 0.747. The normalized spacial score (nSPS) is 14.5. The molecule has 6 heteroatoms. The number of aromatic nitrogens is 1. The first-order chi connectivity index (χ1) is 10.2. The monoisotopic (exact) mass is 293 g/mol. The Morgan fingerprint density at radius 1 is 1.43 bits per heavy atom. The predicted octanol–water partition coefficient (Wildman–Crippen LogP) is 2.43. The highest BCUT2D eigenvalue weighted by atomic mass is 16.5. The second kappa shape index (κ2) is 7.81. The van der Waals surface area contributed by atoms with Gasteiger partial charge in [-0.1, -0.05) is 31.3 Å². The molecule has 1 aromatic rings. The van der Waals surface area contributed by atoms with Gasteiger partial charge in [-0.15, -0.1) is 0 Å². The molecule has 0 radical (unpaired) electrons. The van der Waals surface area contributed by atoms with Gasteiger partial charge >= 0.3 is 0 Å². The standard InChI is InChI=1S/C15H23N3O3/c1-2-3-4-9-18(15(20)12-6-5-7-12)11-14(19)16-13-8-10-21-17-13/h8,10,12H,2-7,9,11H2,1H3,(H,16,17,19). The van der Waals surface area contributed by atoms with E-state index in [2.05, 4.69) is 21.9 Å². The van der Waals surface area contributed by atoms with E-state index in [0.29, 0.717) is 12.4 Å². The first-order valence-corrected chi connectivity index (χ1v) is 7.69. The topological polar surface area (TPSA) is 75.4 Å². The maximum Gasteiger partial charge on any atom is 0.245 e. The fourth-order valence-corrected chi connectivity index (χ4v) is 2.37. The van der Waals surface area contributed by atoms with Gasteiger partial charge in [0.05, 0.1) is 6.54 Å². The zero-order chi connectivity index (χ0) is 15.1. The molecule has 0 saturated heterocycles. The summed E-state index contributed by atoms with van der Waals surface area (Å²) >= 11 is 0. The van der Waals surface area contributed by atoms with Crippen molar-refractivity contribution in [1.29, 1.82) is 0 Å². The van der Waals surface area contributed by atoms with Crippen molar-refractivity contribution in [2.45, 2.75) is 45.4 Å². The van der Waals surface area contributed by atoms with Gasteiger partial charge in [0.1, 0.15) is 6.26 Å². The number of carbonyl (C=O) groups excluding carboxylic acids is 2. The molecular weight excluding hydrogens is 270 g/mol. The van der Waals surface area contributed by atoms with Crippen LogP contribution in [0.3, 0.4) is 0 Å². The number of nitrogens with one attached hydrogen (secondary N) is 1. The zero-order valence-corrected chi connectivity index (χ0v) is 12.5. The third-order valence-electron chi connectivity index (χ3n) is 3.84. The lowest BCUT2D eigenvalue weighted by Gasteiger charge is -2.31. The van der Waals surface area contributed by atoms with E-state index >= 15 is 0 Å². The van der Waals surface area contributed by atoms with Crippen molar-refractivity contribution in [2.24, 2.45) is 5.92 Å². The van der Waals surface area contributed by atoms with E-state index in [1.54, 1.807) is 11.0 Å². The maximum absolute atomic E-state index is 12.4. The van der Waals surface area contributed by atoms with Gasteiger partial charge in [-0.2, -0.15) is 0 Å². The number of nitrogens with zero attached hydrogens (tertiary/aromatic N) is 2. The summed E-state index contributed by atoms with van der Waals surface area (Å²) < 4.78 is 4.67. The molecule has 1 fully saturated rings. The first-order valence-electron chi connectivity index (χ1n) is 7.69. The number of unbranched alkanes of at least 4 members (excludes halogenated alkanes) is 2. The van der Waals surface area contributed by atoms with Gasteiger partial charge in [0, 0.05) is 18.5 Å². The zero-order valence-electron chi connectivity index (χ0n) is 12.5. The average molecular weight is 293 g/mol. The van der Waals surface area contributed by atoms with Gasteiger partial charge in [-0.3, -0.25) is 9.59 Å². The molecule has 6 nitrogen and oxygen atoms in total. The van der Waals surface area contributed by atoms with E-state index in [4.69, 9.17) is 0 Å². The van der Waals surface area contributed by atoms with Gasteiger partial charge in [-0.25, -0.2) is 0 Å². The minimum Gasteiger partial charge on any atom is -0.363 e. The van der Waals surface area contributed by atoms with Crippen LogP contribution in [0.5, 0.6) is 0 Å². The number of anilines is 1. The number of hydrogen-bond acceptors (Lipinski definition) is 4. The van der Waals surface area contributed by atoms with Crippen molar-refractivity contribution < 1.29 is 14.1 Å². The van der Waals surface area contributed by atoms with E-state index in [1.807, 2.05) is 0 Å². The van der Waals surface area contributed by atoms with E-state index in [0.717, 1.165) is 38.5 Å². The minimum atomic E-state index is -0.229. The summed E-state index contributed by atoms with van der Waals surface area (Å²) in [5.41, 5.74) is 0. The average Bonchev–Trinajstić information content (AvgIpc) is 2.88. The molecular formula is C15H23N3O3. The summed E-state index contributed by atoms with van der Waals surface area (Å²) in [4.78, 5) is 26.1. The molecule has 1 aromatic heterocycles. The number of carbonyl (C=O) groups is 2. The third-order valence-corrected chi connectivity index (χ3v) is 3.84. The highest BCUT2D eigenvalue weighted by molar-refractivity contribution is 5.94. The summed E-state index contributed by atoms with van der Waals surface area (Å²) in [5.74, 6) is 0.386. The van der Waals surface area contributed by atoms with Crippen molar-refractivity contribution >= 4 is 17.6 Å². The maximum atomic E-state index is 12.4. The molecule has 0 aliphatic heterocycles. The van der Waals surface area contributed by atoms with Crippen LogP contribution in [0.1, 0.15) is 45.4 Å². The molecule has 0 spiro atoms. The Hall–Kier alpha value is -1.85. The van der Waals surface area contributed by atoms with Crippen molar-refractivity contribution in [2.75, 3.05) is 18.4 Å². The molecule has 0 atom stereocenters. The second-order valence-electron chi connectivity index (χ2n) is 5.53. The smallest absolute Gasteiger partial charge is 0.245 e. The van der Waals surface area contributed by atoms with Crippen LogP contribution in [0.25, 0.3) is 0 Å². The Balaban J connectivity index is 1.87. The molecule has 2 rings (SSSR count). The van der Waals surface area contributed by atoms with Gasteiger partial charge in [-0.05, 0) is 19.3 Å². The summed E-state index contributed by atoms with van der Waals surface area (Å²) in [6, 6.07) is 1.58. The van der Waals surface area contributed by atoms with Crippen LogP contribution >= 0.6 is 0 Å². The Morgan fingerprint density at radius 3 is 2.81 bits per heavy atom. The number of rotatable bonds is 8. The highest BCUT2D eigenvalue weighted by Gasteiger charge is 2.30. The molecule has 21 heavy (non-hydrogen) atoms. The number of hydrogen-bond donors (Lipinski definition) is 1. The highest BCUT2D eigenvalue weighted by Crippen LogP contribution is 2.28. The number of amides is 2. The van der Waals surface area contributed by atoms with Gasteiger partial charge in [0.2, 0.25) is 11.8 Å². The van der Waals surface area contributed by atoms with Crippen LogP contribution < -0.4 is 5.32 Å². The molecule has 2 amide bonds. The largest absolute Gasteiger partial charge is 0.363 e. The molecule has 0 aromatic carbocycles. The molecule has 116 valence electrons. The van der Waals surface area contributed by atoms with Crippen molar-refractivity contribution in [1.82, 2.24) is 10.1 Å². The lowest BCUT2D eigenvalue weighted by molar-refractivity contribution is -0.140. The van der Waals surface area contributed by atoms with Crippen molar-refractivity contribution in [3.05, 3.63) is 12.3 Å². The fourth-order valence-electron chi connectivity index (χ4n) is 2.37. The molecule has 1 heterocycles. The fraction of sp³-hybridized carbons (Fsp3) is 0.667. The van der Waals surface area contributed by atoms with Gasteiger partial charge in [0.25, 0.3) is 0 Å². The SMILES string of the molecule is CCCCCN(CC(=O)Nc1ccon1)C(=O)C1CCC1. The predicted molar refractivity (Wildman–Crippen MR) is 78.6 cm³/mol. The van der Waals surface area contributed by atoms with E-state index in [9.17, 15) is 9.59 Å². The van der Waals surface area contributed by atoms with Crippen LogP contribution in [0.15, 0.2) is 16.9 Å². The van der Waals surface area contributed by atoms with Crippen LogP contribution in [0.4, 0.5) is 5.82 Å². The Labute approximate surface area is 124 Å². The van der Waals surface area contributed by atoms with E-state index in [-0.39, 0.29) is 24.3 Å². The molecule has 0 bridgehead atoms. The third kappa shape index (κ3) is 4.58. The summed E-state index contributed by atoms with van der Waals surface area (Å²) in [7, 11) is 0. The van der Waals surface area contributed by atoms with Crippen LogP contribution in [-0.4, -0.2) is 35.0 Å². The molecule has 1 aliphatic rings. The van der Waals surface area contributed by atoms with Crippen LogP contribution in [0.2, 0.25) is 0 Å². The first kappa shape index (κ1) is 15.5. The Morgan fingerprint density at radius 2 is 2.24 bits per heavy atom. The molecule has 0 unspecified atom stereocenters. The minimum absolute atomic E-state index is 0.0892. The summed E-state index contributed by atoms with van der Waals surface area (Å²) in [5, 5.41) is 6.27. The lowest BCUT2D eigenvalue weighted by atomic mass is 9.84. The van der Waals surface area contributed by atoms with Gasteiger partial charge in [0.15, 0.2) is 5.82 Å². The Bertz CT molecular complexity index is 455. The lowest BCUT2D eigenvalue weighted by Crippen LogP contribution is -2.43. The second-order valence-corrected chi connectivity index (χ2v) is 5.53. The molecule has 1 saturated carbocycles. The molecule has 1 N–H and O–H groups in total. The van der Waals surface area contributed by atoms with Crippen molar-refractivity contribution in [3.8, 4) is 0 Å². The van der Waals surface area contributed by atoms with Crippen LogP contribution in [-0.2, 0) is 9.59 Å². The van der Waals surface area contributed by atoms with E-state index in [1.165, 1.54) is 6.26 Å². The summed E-state index contributed by atoms with van der Waals surface area (Å²) in [6.45, 7) is 2.86. The Kier molecular flexibility index (Phi) is 5.78. The molecule has 1 aliphatic carbocycles. The van der Waals surface area contributed by atoms with Crippen molar-refractivity contribution in [3.63, 3.8) is 0 Å². The summed E-state index contributed by atoms with van der Waals surface area (Å²) in [6.07, 6.45) is 7.52. The van der Waals surface area contributed by atoms with Crippen LogP contribution in [0, 0.1) is 5.92 Å².